The topological polar surface area (TPSA) is 161 Å². The number of Topliss-reactive ketones (excluding diaryl/α,β-unsaturated/α-hetero) is 1. The summed E-state index contributed by atoms with van der Waals surface area (Å²) in [4.78, 5) is 44.5. The maximum Gasteiger partial charge on any atom is 0.375 e. The fraction of sp³-hybridized carbons (Fsp3) is 0.421. The van der Waals surface area contributed by atoms with E-state index in [4.69, 9.17) is 18.9 Å². The fourth-order valence-electron chi connectivity index (χ4n) is 7.71. The predicted octanol–water partition coefficient (Wildman–Crippen LogP) is 2.61. The summed E-state index contributed by atoms with van der Waals surface area (Å²) in [5.41, 5.74) is 1.79. The number of aliphatic hydroxyl groups is 3. The second-order valence-electron chi connectivity index (χ2n) is 13.1. The molecule has 11 heteroatoms. The molecule has 11 nitrogen and oxygen atoms in total. The predicted molar refractivity (Wildman–Crippen MR) is 177 cm³/mol. The number of carbonyl (C=O) groups excluding carboxylic acids is 3. The number of ether oxygens (including phenoxy) is 4. The average molecular weight is 670 g/mol. The minimum absolute atomic E-state index is 0.0231. The number of aliphatic hydroxyl groups excluding tert-OH is 2. The van der Waals surface area contributed by atoms with Crippen molar-refractivity contribution in [1.82, 2.24) is 0 Å². The van der Waals surface area contributed by atoms with Crippen LogP contribution >= 0.6 is 0 Å². The molecule has 0 radical (unpaired) electrons. The molecule has 2 aromatic carbocycles. The molecule has 0 spiro atoms. The van der Waals surface area contributed by atoms with Crippen LogP contribution in [0.25, 0.3) is 11.6 Å². The van der Waals surface area contributed by atoms with E-state index >= 15 is 0 Å². The van der Waals surface area contributed by atoms with Gasteiger partial charge in [0.25, 0.3) is 0 Å². The summed E-state index contributed by atoms with van der Waals surface area (Å²) in [5, 5.41) is 33.8. The van der Waals surface area contributed by atoms with E-state index in [9.17, 15) is 29.7 Å². The van der Waals surface area contributed by atoms with Crippen molar-refractivity contribution in [2.45, 2.75) is 76.1 Å². The van der Waals surface area contributed by atoms with Gasteiger partial charge in [-0.3, -0.25) is 14.6 Å². The van der Waals surface area contributed by atoms with Crippen molar-refractivity contribution >= 4 is 29.7 Å². The maximum atomic E-state index is 13.5. The Bertz CT molecular complexity index is 1970. The molecule has 1 fully saturated rings. The molecular weight excluding hydrogens is 630 g/mol. The van der Waals surface area contributed by atoms with Crippen molar-refractivity contribution in [3.8, 4) is 17.2 Å². The van der Waals surface area contributed by atoms with Gasteiger partial charge in [-0.15, -0.1) is 0 Å². The summed E-state index contributed by atoms with van der Waals surface area (Å²) in [6.45, 7) is 3.33. The van der Waals surface area contributed by atoms with E-state index in [1.54, 1.807) is 13.8 Å². The lowest BCUT2D eigenvalue weighted by atomic mass is 9.74. The maximum absolute atomic E-state index is 13.5. The zero-order chi connectivity index (χ0) is 34.4. The number of hydrogen-bond acceptors (Lipinski definition) is 11. The number of nitrogens with zero attached hydrogens (tertiary/aromatic N) is 1. The Morgan fingerprint density at radius 3 is 2.80 bits per heavy atom. The second-order valence-corrected chi connectivity index (χ2v) is 13.1. The molecule has 256 valence electrons. The molecule has 2 aliphatic carbocycles. The zero-order valence-electron chi connectivity index (χ0n) is 27.5. The second kappa shape index (κ2) is 13.0. The standard InChI is InChI=1S/C38H39NO10/c1-3-46-37(44)34-25(18-41)29(22-8-10-28(43)24(17-22)20-7-9-27-21(16-20)11-13-39-27)31-33(48-34)26(19-42)32-30(35(31)47-15-5-14-40)23-6-4-12-38(2,45)36(23)49-32/h4,6-7,9,11,16,18,23-24,36,40,42,45H,3,5,8,10,12-15,17,19H2,1-2H3. The molecular formula is C38H39NO10. The molecule has 0 bridgehead atoms. The van der Waals surface area contributed by atoms with E-state index in [-0.39, 0.29) is 66.8 Å². The highest BCUT2D eigenvalue weighted by Gasteiger charge is 2.51. The average Bonchev–Trinajstić information content (AvgIpc) is 3.73. The van der Waals surface area contributed by atoms with Crippen molar-refractivity contribution < 1.29 is 48.7 Å². The zero-order valence-corrected chi connectivity index (χ0v) is 27.5. The van der Waals surface area contributed by atoms with Gasteiger partial charge in [0.2, 0.25) is 5.76 Å². The first kappa shape index (κ1) is 32.9. The number of fused-ring (bicyclic) bond motifs is 5. The van der Waals surface area contributed by atoms with Gasteiger partial charge in [0.15, 0.2) is 6.29 Å². The van der Waals surface area contributed by atoms with Gasteiger partial charge in [0.05, 0.1) is 48.4 Å². The lowest BCUT2D eigenvalue weighted by molar-refractivity contribution is -0.141. The third kappa shape index (κ3) is 5.50. The Morgan fingerprint density at radius 1 is 1.20 bits per heavy atom. The summed E-state index contributed by atoms with van der Waals surface area (Å²) in [7, 11) is 0. The van der Waals surface area contributed by atoms with Crippen molar-refractivity contribution in [3.63, 3.8) is 0 Å². The van der Waals surface area contributed by atoms with Gasteiger partial charge in [0.1, 0.15) is 34.7 Å². The van der Waals surface area contributed by atoms with Gasteiger partial charge in [-0.25, -0.2) is 4.79 Å². The number of ketones is 1. The summed E-state index contributed by atoms with van der Waals surface area (Å²) in [6, 6.07) is 5.81. The Morgan fingerprint density at radius 2 is 2.04 bits per heavy atom. The van der Waals surface area contributed by atoms with E-state index in [2.05, 4.69) is 4.99 Å². The summed E-state index contributed by atoms with van der Waals surface area (Å²) in [6.07, 6.45) is 7.06. The highest BCUT2D eigenvalue weighted by molar-refractivity contribution is 6.11. The summed E-state index contributed by atoms with van der Waals surface area (Å²) >= 11 is 0. The highest BCUT2D eigenvalue weighted by atomic mass is 16.6. The molecule has 7 rings (SSSR count). The lowest BCUT2D eigenvalue weighted by Crippen LogP contribution is -2.45. The molecule has 3 N–H and O–H groups in total. The molecule has 5 aliphatic rings. The SMILES string of the molecule is CCOC(=O)C1=C(C=O)C(=C2CCC(=O)C(c3ccc4c(c3)=CCN=4)C2)c2c(c(CO)c3c(c2OCCCO)C2C=CCC(C)(O)C2O3)O1. The first-order chi connectivity index (χ1) is 23.7. The van der Waals surface area contributed by atoms with Crippen LogP contribution in [0.1, 0.15) is 80.0 Å². The summed E-state index contributed by atoms with van der Waals surface area (Å²) in [5.74, 6) is -1.50. The molecule has 2 aromatic rings. The Labute approximate surface area is 282 Å². The smallest absolute Gasteiger partial charge is 0.375 e. The largest absolute Gasteiger partial charge is 0.492 e. The van der Waals surface area contributed by atoms with Gasteiger partial charge in [-0.05, 0) is 56.0 Å². The molecule has 3 aliphatic heterocycles. The minimum atomic E-state index is -1.25. The van der Waals surface area contributed by atoms with Crippen LogP contribution in [-0.4, -0.2) is 71.4 Å². The molecule has 49 heavy (non-hydrogen) atoms. The van der Waals surface area contributed by atoms with Gasteiger partial charge in [-0.2, -0.15) is 0 Å². The van der Waals surface area contributed by atoms with Gasteiger partial charge in [-0.1, -0.05) is 29.9 Å². The van der Waals surface area contributed by atoms with Crippen LogP contribution in [0.5, 0.6) is 17.2 Å². The number of hydrogen-bond donors (Lipinski definition) is 3. The first-order valence-corrected chi connectivity index (χ1v) is 16.8. The Balaban J connectivity index is 1.50. The van der Waals surface area contributed by atoms with E-state index in [0.29, 0.717) is 54.5 Å². The van der Waals surface area contributed by atoms with Crippen LogP contribution < -0.4 is 24.8 Å². The number of allylic oxidation sites excluding steroid dienone is 3. The quantitative estimate of drug-likeness (QED) is 0.157. The molecule has 0 amide bonds. The van der Waals surface area contributed by atoms with Crippen LogP contribution in [-0.2, 0) is 25.7 Å². The van der Waals surface area contributed by atoms with Gasteiger partial charge < -0.3 is 34.3 Å². The van der Waals surface area contributed by atoms with Crippen LogP contribution in [0.4, 0.5) is 0 Å². The van der Waals surface area contributed by atoms with Gasteiger partial charge >= 0.3 is 5.97 Å². The van der Waals surface area contributed by atoms with E-state index in [1.165, 1.54) is 0 Å². The molecule has 0 saturated heterocycles. The highest BCUT2D eigenvalue weighted by Crippen LogP contribution is 2.60. The third-order valence-corrected chi connectivity index (χ3v) is 10.0. The third-order valence-electron chi connectivity index (χ3n) is 10.0. The Hall–Kier alpha value is -4.58. The summed E-state index contributed by atoms with van der Waals surface area (Å²) < 4.78 is 24.5. The van der Waals surface area contributed by atoms with Crippen molar-refractivity contribution in [1.29, 1.82) is 0 Å². The van der Waals surface area contributed by atoms with Crippen LogP contribution in [0.15, 0.2) is 52.2 Å². The normalized spacial score (nSPS) is 26.4. The number of esters is 1. The van der Waals surface area contributed by atoms with E-state index in [1.807, 2.05) is 36.4 Å². The fourth-order valence-corrected chi connectivity index (χ4v) is 7.71. The number of aldehydes is 1. The number of benzene rings is 2. The lowest BCUT2D eigenvalue weighted by Gasteiger charge is -2.34. The number of carbonyl (C=O) groups is 3. The molecule has 3 heterocycles. The molecule has 0 aromatic heterocycles. The van der Waals surface area contributed by atoms with E-state index in [0.717, 1.165) is 21.7 Å². The molecule has 4 atom stereocenters. The monoisotopic (exact) mass is 669 g/mol. The molecule has 4 unspecified atom stereocenters. The van der Waals surface area contributed by atoms with E-state index < -0.39 is 36.1 Å². The van der Waals surface area contributed by atoms with Crippen LogP contribution in [0.2, 0.25) is 0 Å². The number of rotatable bonds is 9. The first-order valence-electron chi connectivity index (χ1n) is 16.8. The van der Waals surface area contributed by atoms with Crippen LogP contribution in [0.3, 0.4) is 0 Å². The van der Waals surface area contributed by atoms with Crippen molar-refractivity contribution in [3.05, 3.63) is 80.1 Å². The van der Waals surface area contributed by atoms with Crippen molar-refractivity contribution in [2.75, 3.05) is 26.4 Å². The van der Waals surface area contributed by atoms with Crippen LogP contribution in [0, 0.1) is 0 Å². The van der Waals surface area contributed by atoms with Crippen molar-refractivity contribution in [2.24, 2.45) is 4.99 Å². The molecule has 1 saturated carbocycles. The Kier molecular flexibility index (Phi) is 8.76. The van der Waals surface area contributed by atoms with Gasteiger partial charge in [0, 0.05) is 42.4 Å². The minimum Gasteiger partial charge on any atom is -0.492 e.